The van der Waals surface area contributed by atoms with Crippen LogP contribution in [0.15, 0.2) is 53.4 Å². The third-order valence-corrected chi connectivity index (χ3v) is 6.16. The Bertz CT molecular complexity index is 1060. The van der Waals surface area contributed by atoms with E-state index in [-0.39, 0.29) is 16.4 Å². The topological polar surface area (TPSA) is 101 Å². The first-order chi connectivity index (χ1) is 13.4. The van der Waals surface area contributed by atoms with Gasteiger partial charge in [0.25, 0.3) is 5.91 Å². The second kappa shape index (κ2) is 8.55. The van der Waals surface area contributed by atoms with Crippen LogP contribution in [0.5, 0.6) is 0 Å². The Morgan fingerprint density at radius 1 is 1.07 bits per heavy atom. The van der Waals surface area contributed by atoms with E-state index in [4.69, 9.17) is 0 Å². The van der Waals surface area contributed by atoms with E-state index in [9.17, 15) is 17.6 Å². The van der Waals surface area contributed by atoms with E-state index >= 15 is 0 Å². The van der Waals surface area contributed by atoms with Crippen molar-refractivity contribution in [1.29, 1.82) is 0 Å². The Hall–Kier alpha value is -2.69. The quantitative estimate of drug-likeness (QED) is 0.612. The lowest BCUT2D eigenvalue weighted by Gasteiger charge is -2.05. The molecule has 0 unspecified atom stereocenters. The van der Waals surface area contributed by atoms with Crippen LogP contribution in [0.2, 0.25) is 0 Å². The van der Waals surface area contributed by atoms with E-state index in [1.54, 1.807) is 24.3 Å². The molecule has 0 saturated heterocycles. The molecular formula is C18H17FN4O3S2. The van der Waals surface area contributed by atoms with E-state index in [2.05, 4.69) is 20.2 Å². The number of aromatic nitrogens is 2. The van der Waals surface area contributed by atoms with E-state index in [0.29, 0.717) is 10.7 Å². The van der Waals surface area contributed by atoms with Crippen molar-refractivity contribution in [2.75, 3.05) is 5.32 Å². The molecule has 0 bridgehead atoms. The van der Waals surface area contributed by atoms with Crippen LogP contribution in [0.3, 0.4) is 0 Å². The largest absolute Gasteiger partial charge is 0.320 e. The van der Waals surface area contributed by atoms with Gasteiger partial charge in [0.2, 0.25) is 15.0 Å². The first-order valence-corrected chi connectivity index (χ1v) is 10.7. The second-order valence-electron chi connectivity index (χ2n) is 5.78. The van der Waals surface area contributed by atoms with Crippen LogP contribution in [-0.2, 0) is 23.0 Å². The van der Waals surface area contributed by atoms with Crippen LogP contribution >= 0.6 is 11.3 Å². The van der Waals surface area contributed by atoms with Crippen LogP contribution in [0.1, 0.15) is 27.3 Å². The van der Waals surface area contributed by atoms with Crippen LogP contribution in [0.25, 0.3) is 0 Å². The van der Waals surface area contributed by atoms with Gasteiger partial charge in [-0.1, -0.05) is 30.4 Å². The number of nitrogens with zero attached hydrogens (tertiary/aromatic N) is 2. The first-order valence-electron chi connectivity index (χ1n) is 8.35. The standard InChI is InChI=1S/C18H17FN4O3S2/c1-2-12-3-9-15(10-4-12)28(25,26)20-11-16-22-23-18(27-16)17(24)21-14-7-5-13(19)6-8-14/h3-10,20H,2,11H2,1H3,(H,21,24). The Morgan fingerprint density at radius 3 is 2.39 bits per heavy atom. The van der Waals surface area contributed by atoms with Gasteiger partial charge in [-0.3, -0.25) is 4.79 Å². The average Bonchev–Trinajstić information content (AvgIpc) is 3.18. The summed E-state index contributed by atoms with van der Waals surface area (Å²) in [6.45, 7) is 1.90. The third-order valence-electron chi connectivity index (χ3n) is 3.82. The molecule has 3 aromatic rings. The van der Waals surface area contributed by atoms with E-state index in [0.717, 1.165) is 23.3 Å². The fraction of sp³-hybridized carbons (Fsp3) is 0.167. The van der Waals surface area contributed by atoms with Gasteiger partial charge in [0.1, 0.15) is 10.8 Å². The van der Waals surface area contributed by atoms with Crippen molar-refractivity contribution in [1.82, 2.24) is 14.9 Å². The lowest BCUT2D eigenvalue weighted by atomic mass is 10.2. The Morgan fingerprint density at radius 2 is 1.75 bits per heavy atom. The lowest BCUT2D eigenvalue weighted by molar-refractivity contribution is 0.102. The summed E-state index contributed by atoms with van der Waals surface area (Å²) >= 11 is 0.970. The summed E-state index contributed by atoms with van der Waals surface area (Å²) in [5.74, 6) is -0.916. The number of sulfonamides is 1. The highest BCUT2D eigenvalue weighted by molar-refractivity contribution is 7.89. The predicted molar refractivity (Wildman–Crippen MR) is 104 cm³/mol. The fourth-order valence-corrected chi connectivity index (χ4v) is 4.03. The summed E-state index contributed by atoms with van der Waals surface area (Å²) in [6, 6.07) is 11.9. The molecule has 0 aliphatic rings. The molecule has 2 aromatic carbocycles. The number of hydrogen-bond acceptors (Lipinski definition) is 6. The molecule has 10 heteroatoms. The fourth-order valence-electron chi connectivity index (χ4n) is 2.28. The molecule has 2 N–H and O–H groups in total. The first kappa shape index (κ1) is 20.1. The molecule has 3 rings (SSSR count). The predicted octanol–water partition coefficient (Wildman–Crippen LogP) is 2.97. The number of carbonyl (C=O) groups excluding carboxylic acids is 1. The van der Waals surface area contributed by atoms with Gasteiger partial charge in [-0.05, 0) is 48.4 Å². The summed E-state index contributed by atoms with van der Waals surface area (Å²) in [7, 11) is -3.69. The third kappa shape index (κ3) is 4.97. The molecule has 0 aliphatic carbocycles. The van der Waals surface area contributed by atoms with E-state index in [1.165, 1.54) is 24.3 Å². The molecule has 0 aliphatic heterocycles. The highest BCUT2D eigenvalue weighted by Crippen LogP contribution is 2.16. The minimum absolute atomic E-state index is 0.0748. The molecule has 7 nitrogen and oxygen atoms in total. The van der Waals surface area contributed by atoms with Crippen molar-refractivity contribution in [2.45, 2.75) is 24.8 Å². The molecule has 0 atom stereocenters. The molecule has 1 aromatic heterocycles. The number of aryl methyl sites for hydroxylation is 1. The zero-order valence-corrected chi connectivity index (χ0v) is 16.5. The van der Waals surface area contributed by atoms with Gasteiger partial charge in [0.15, 0.2) is 0 Å². The molecule has 1 heterocycles. The number of carbonyl (C=O) groups is 1. The molecule has 0 saturated carbocycles. The smallest absolute Gasteiger partial charge is 0.286 e. The zero-order chi connectivity index (χ0) is 20.1. The summed E-state index contributed by atoms with van der Waals surface area (Å²) < 4.78 is 40.0. The maximum absolute atomic E-state index is 12.9. The lowest BCUT2D eigenvalue weighted by Crippen LogP contribution is -2.23. The maximum Gasteiger partial charge on any atom is 0.286 e. The second-order valence-corrected chi connectivity index (χ2v) is 8.61. The molecule has 146 valence electrons. The molecule has 1 amide bonds. The molecule has 0 radical (unpaired) electrons. The van der Waals surface area contributed by atoms with Gasteiger partial charge < -0.3 is 5.32 Å². The van der Waals surface area contributed by atoms with Crippen molar-refractivity contribution >= 4 is 33.0 Å². The van der Waals surface area contributed by atoms with Gasteiger partial charge in [-0.2, -0.15) is 0 Å². The summed E-state index contributed by atoms with van der Waals surface area (Å²) in [4.78, 5) is 12.3. The normalized spacial score (nSPS) is 11.4. The number of amides is 1. The summed E-state index contributed by atoms with van der Waals surface area (Å²) in [6.07, 6.45) is 0.821. The van der Waals surface area contributed by atoms with Crippen molar-refractivity contribution in [3.05, 3.63) is 69.9 Å². The SMILES string of the molecule is CCc1ccc(S(=O)(=O)NCc2nnc(C(=O)Nc3ccc(F)cc3)s2)cc1. The van der Waals surface area contributed by atoms with Gasteiger partial charge >= 0.3 is 0 Å². The number of rotatable bonds is 7. The van der Waals surface area contributed by atoms with Crippen LogP contribution in [0.4, 0.5) is 10.1 Å². The van der Waals surface area contributed by atoms with Crippen LogP contribution < -0.4 is 10.0 Å². The van der Waals surface area contributed by atoms with Crippen molar-refractivity contribution in [3.8, 4) is 0 Å². The van der Waals surface area contributed by atoms with Crippen LogP contribution in [-0.4, -0.2) is 24.5 Å². The number of anilines is 1. The monoisotopic (exact) mass is 420 g/mol. The van der Waals surface area contributed by atoms with Gasteiger partial charge in [0, 0.05) is 5.69 Å². The Balaban J connectivity index is 1.62. The van der Waals surface area contributed by atoms with Crippen molar-refractivity contribution in [2.24, 2.45) is 0 Å². The van der Waals surface area contributed by atoms with Gasteiger partial charge in [-0.25, -0.2) is 17.5 Å². The number of nitrogens with one attached hydrogen (secondary N) is 2. The van der Waals surface area contributed by atoms with Gasteiger partial charge in [-0.15, -0.1) is 10.2 Å². The van der Waals surface area contributed by atoms with Crippen molar-refractivity contribution in [3.63, 3.8) is 0 Å². The minimum atomic E-state index is -3.69. The number of hydrogen-bond donors (Lipinski definition) is 2. The summed E-state index contributed by atoms with van der Waals surface area (Å²) in [5, 5.41) is 10.6. The summed E-state index contributed by atoms with van der Waals surface area (Å²) in [5.41, 5.74) is 1.46. The molecule has 0 fully saturated rings. The minimum Gasteiger partial charge on any atom is -0.320 e. The van der Waals surface area contributed by atoms with Crippen molar-refractivity contribution < 1.29 is 17.6 Å². The zero-order valence-electron chi connectivity index (χ0n) is 14.8. The number of halogens is 1. The molecule has 28 heavy (non-hydrogen) atoms. The highest BCUT2D eigenvalue weighted by Gasteiger charge is 2.17. The maximum atomic E-state index is 12.9. The number of benzene rings is 2. The van der Waals surface area contributed by atoms with Gasteiger partial charge in [0.05, 0.1) is 11.4 Å². The average molecular weight is 420 g/mol. The highest BCUT2D eigenvalue weighted by atomic mass is 32.2. The Labute approximate surface area is 165 Å². The van der Waals surface area contributed by atoms with E-state index < -0.39 is 21.7 Å². The molecule has 0 spiro atoms. The Kier molecular flexibility index (Phi) is 6.12. The van der Waals surface area contributed by atoms with E-state index in [1.807, 2.05) is 6.92 Å². The molecular weight excluding hydrogens is 403 g/mol. The van der Waals surface area contributed by atoms with Crippen LogP contribution in [0, 0.1) is 5.82 Å².